The Kier molecular flexibility index (Phi) is 5.71. The van der Waals surface area contributed by atoms with E-state index in [1.54, 1.807) is 4.90 Å². The van der Waals surface area contributed by atoms with Crippen LogP contribution in [0.3, 0.4) is 0 Å². The number of fused-ring (bicyclic) bond motifs is 1. The van der Waals surface area contributed by atoms with Crippen LogP contribution in [0.4, 0.5) is 5.69 Å². The van der Waals surface area contributed by atoms with Gasteiger partial charge in [0.25, 0.3) is 5.69 Å². The van der Waals surface area contributed by atoms with Crippen molar-refractivity contribution in [2.75, 3.05) is 26.2 Å². The molecule has 4 rings (SSSR count). The van der Waals surface area contributed by atoms with Gasteiger partial charge in [-0.05, 0) is 28.5 Å². The van der Waals surface area contributed by atoms with Crippen LogP contribution in [0.25, 0.3) is 10.8 Å². The molecule has 3 aromatic carbocycles. The molecular weight excluding hydrogens is 418 g/mol. The van der Waals surface area contributed by atoms with E-state index in [1.165, 1.54) is 28.6 Å². The Morgan fingerprint density at radius 1 is 0.903 bits per heavy atom. The highest BCUT2D eigenvalue weighted by atomic mass is 32.2. The van der Waals surface area contributed by atoms with Gasteiger partial charge in [0.1, 0.15) is 0 Å². The third-order valence-corrected chi connectivity index (χ3v) is 7.41. The van der Waals surface area contributed by atoms with Crippen molar-refractivity contribution in [2.45, 2.75) is 11.3 Å². The normalized spacial score (nSPS) is 15.2. The van der Waals surface area contributed by atoms with E-state index in [1.807, 2.05) is 42.5 Å². The standard InChI is InChI=1S/C22H21N3O5S/c26-22(16-18-6-3-5-17-4-1-2-7-21(17)18)23-12-14-24(15-13-23)31(29,30)20-10-8-19(9-11-20)25(27)28/h1-11H,12-16H2. The fourth-order valence-electron chi connectivity index (χ4n) is 3.79. The zero-order chi connectivity index (χ0) is 22.0. The molecule has 1 aliphatic rings. The van der Waals surface area contributed by atoms with E-state index < -0.39 is 14.9 Å². The van der Waals surface area contributed by atoms with Gasteiger partial charge >= 0.3 is 0 Å². The molecule has 0 atom stereocenters. The number of carbonyl (C=O) groups is 1. The SMILES string of the molecule is O=C(Cc1cccc2ccccc12)N1CCN(S(=O)(=O)c2ccc([N+](=O)[O-])cc2)CC1. The van der Waals surface area contributed by atoms with Crippen molar-refractivity contribution in [3.63, 3.8) is 0 Å². The molecule has 0 radical (unpaired) electrons. The van der Waals surface area contributed by atoms with Crippen molar-refractivity contribution in [1.29, 1.82) is 0 Å². The van der Waals surface area contributed by atoms with Gasteiger partial charge in [0, 0.05) is 38.3 Å². The molecular formula is C22H21N3O5S. The summed E-state index contributed by atoms with van der Waals surface area (Å²) in [5.41, 5.74) is 0.784. The highest BCUT2D eigenvalue weighted by Gasteiger charge is 2.30. The number of benzene rings is 3. The van der Waals surface area contributed by atoms with E-state index in [-0.39, 0.29) is 36.0 Å². The first-order chi connectivity index (χ1) is 14.9. The van der Waals surface area contributed by atoms with Crippen molar-refractivity contribution in [3.05, 3.63) is 82.4 Å². The van der Waals surface area contributed by atoms with Crippen LogP contribution in [-0.2, 0) is 21.2 Å². The van der Waals surface area contributed by atoms with Crippen molar-refractivity contribution >= 4 is 32.4 Å². The summed E-state index contributed by atoms with van der Waals surface area (Å²) in [6.45, 7) is 0.965. The van der Waals surface area contributed by atoms with Gasteiger partial charge in [-0.2, -0.15) is 4.31 Å². The second-order valence-corrected chi connectivity index (χ2v) is 9.29. The lowest BCUT2D eigenvalue weighted by atomic mass is 10.0. The summed E-state index contributed by atoms with van der Waals surface area (Å²) >= 11 is 0. The van der Waals surface area contributed by atoms with Crippen LogP contribution >= 0.6 is 0 Å². The minimum absolute atomic E-state index is 0.00799. The van der Waals surface area contributed by atoms with Gasteiger partial charge in [-0.25, -0.2) is 8.42 Å². The van der Waals surface area contributed by atoms with Gasteiger partial charge in [0.15, 0.2) is 0 Å². The van der Waals surface area contributed by atoms with E-state index >= 15 is 0 Å². The van der Waals surface area contributed by atoms with Crippen LogP contribution < -0.4 is 0 Å². The Morgan fingerprint density at radius 2 is 1.55 bits per heavy atom. The molecule has 3 aromatic rings. The molecule has 31 heavy (non-hydrogen) atoms. The third kappa shape index (κ3) is 4.28. The molecule has 1 fully saturated rings. The molecule has 1 saturated heterocycles. The van der Waals surface area contributed by atoms with E-state index in [9.17, 15) is 23.3 Å². The van der Waals surface area contributed by atoms with Gasteiger partial charge in [0.05, 0.1) is 16.2 Å². The minimum Gasteiger partial charge on any atom is -0.340 e. The fourth-order valence-corrected chi connectivity index (χ4v) is 5.21. The Balaban J connectivity index is 1.42. The van der Waals surface area contributed by atoms with Crippen LogP contribution in [0.5, 0.6) is 0 Å². The molecule has 0 bridgehead atoms. The molecule has 8 nitrogen and oxygen atoms in total. The smallest absolute Gasteiger partial charge is 0.269 e. The van der Waals surface area contributed by atoms with Crippen LogP contribution in [0.2, 0.25) is 0 Å². The van der Waals surface area contributed by atoms with Crippen LogP contribution in [0.15, 0.2) is 71.6 Å². The average Bonchev–Trinajstić information content (AvgIpc) is 2.79. The minimum atomic E-state index is -3.77. The lowest BCUT2D eigenvalue weighted by molar-refractivity contribution is -0.384. The maximum Gasteiger partial charge on any atom is 0.269 e. The number of rotatable bonds is 5. The van der Waals surface area contributed by atoms with Crippen LogP contribution in [0.1, 0.15) is 5.56 Å². The molecule has 0 unspecified atom stereocenters. The van der Waals surface area contributed by atoms with Gasteiger partial charge in [-0.1, -0.05) is 42.5 Å². The number of nitrogens with zero attached hydrogens (tertiary/aromatic N) is 3. The van der Waals surface area contributed by atoms with E-state index in [0.29, 0.717) is 13.1 Å². The molecule has 0 N–H and O–H groups in total. The summed E-state index contributed by atoms with van der Waals surface area (Å²) in [7, 11) is -3.77. The van der Waals surface area contributed by atoms with E-state index in [4.69, 9.17) is 0 Å². The largest absolute Gasteiger partial charge is 0.340 e. The predicted octanol–water partition coefficient (Wildman–Crippen LogP) is 2.82. The average molecular weight is 439 g/mol. The van der Waals surface area contributed by atoms with Crippen molar-refractivity contribution < 1.29 is 18.1 Å². The van der Waals surface area contributed by atoms with Crippen LogP contribution in [-0.4, -0.2) is 54.6 Å². The molecule has 160 valence electrons. The Hall–Kier alpha value is -3.30. The van der Waals surface area contributed by atoms with Gasteiger partial charge in [-0.15, -0.1) is 0 Å². The molecule has 1 amide bonds. The van der Waals surface area contributed by atoms with Gasteiger partial charge < -0.3 is 4.90 Å². The molecule has 0 spiro atoms. The quantitative estimate of drug-likeness (QED) is 0.449. The molecule has 1 heterocycles. The maximum atomic E-state index is 12.8. The highest BCUT2D eigenvalue weighted by molar-refractivity contribution is 7.89. The summed E-state index contributed by atoms with van der Waals surface area (Å²) in [5.74, 6) is -0.0382. The first-order valence-electron chi connectivity index (χ1n) is 9.85. The molecule has 9 heteroatoms. The number of hydrogen-bond donors (Lipinski definition) is 0. The third-order valence-electron chi connectivity index (χ3n) is 5.50. The van der Waals surface area contributed by atoms with Crippen LogP contribution in [0, 0.1) is 10.1 Å². The van der Waals surface area contributed by atoms with Crippen molar-refractivity contribution in [2.24, 2.45) is 0 Å². The Bertz CT molecular complexity index is 1230. The number of hydrogen-bond acceptors (Lipinski definition) is 5. The second kappa shape index (κ2) is 8.44. The summed E-state index contributed by atoms with van der Waals surface area (Å²) in [4.78, 5) is 24.7. The highest BCUT2D eigenvalue weighted by Crippen LogP contribution is 2.22. The molecule has 1 aliphatic heterocycles. The number of non-ortho nitro benzene ring substituents is 1. The molecule has 0 aliphatic carbocycles. The number of carbonyl (C=O) groups excluding carboxylic acids is 1. The summed E-state index contributed by atoms with van der Waals surface area (Å²) in [6, 6.07) is 18.6. The number of nitro benzene ring substituents is 1. The zero-order valence-corrected chi connectivity index (χ0v) is 17.5. The summed E-state index contributed by atoms with van der Waals surface area (Å²) < 4.78 is 27.0. The predicted molar refractivity (Wildman–Crippen MR) is 116 cm³/mol. The van der Waals surface area contributed by atoms with E-state index in [0.717, 1.165) is 16.3 Å². The Morgan fingerprint density at radius 3 is 2.23 bits per heavy atom. The lowest BCUT2D eigenvalue weighted by Crippen LogP contribution is -2.50. The summed E-state index contributed by atoms with van der Waals surface area (Å²) in [5, 5.41) is 12.9. The fraction of sp³-hybridized carbons (Fsp3) is 0.227. The Labute approximate surface area is 179 Å². The molecule has 0 aromatic heterocycles. The maximum absolute atomic E-state index is 12.8. The monoisotopic (exact) mass is 439 g/mol. The number of sulfonamides is 1. The van der Waals surface area contributed by atoms with Gasteiger partial charge in [-0.3, -0.25) is 14.9 Å². The first kappa shape index (κ1) is 21.0. The lowest BCUT2D eigenvalue weighted by Gasteiger charge is -2.34. The second-order valence-electron chi connectivity index (χ2n) is 7.35. The first-order valence-corrected chi connectivity index (χ1v) is 11.3. The zero-order valence-electron chi connectivity index (χ0n) is 16.7. The topological polar surface area (TPSA) is 101 Å². The summed E-state index contributed by atoms with van der Waals surface area (Å²) in [6.07, 6.45) is 0.260. The van der Waals surface area contributed by atoms with Crippen molar-refractivity contribution in [3.8, 4) is 0 Å². The molecule has 0 saturated carbocycles. The number of piperazine rings is 1. The van der Waals surface area contributed by atoms with Gasteiger partial charge in [0.2, 0.25) is 15.9 Å². The van der Waals surface area contributed by atoms with E-state index in [2.05, 4.69) is 0 Å². The van der Waals surface area contributed by atoms with Crippen molar-refractivity contribution in [1.82, 2.24) is 9.21 Å². The number of nitro groups is 1. The number of amides is 1.